The summed E-state index contributed by atoms with van der Waals surface area (Å²) in [5.74, 6) is -3.38. The van der Waals surface area contributed by atoms with E-state index in [1.165, 1.54) is 5.43 Å². The van der Waals surface area contributed by atoms with Crippen molar-refractivity contribution in [3.8, 4) is 0 Å². The van der Waals surface area contributed by atoms with E-state index in [1.54, 1.807) is 5.43 Å². The van der Waals surface area contributed by atoms with Crippen LogP contribution in [0.2, 0.25) is 0 Å². The number of anilines is 1. The topological polar surface area (TPSA) is 110 Å². The normalized spacial score (nSPS) is 10.8. The van der Waals surface area contributed by atoms with Crippen molar-refractivity contribution >= 4 is 17.8 Å². The summed E-state index contributed by atoms with van der Waals surface area (Å²) in [7, 11) is 0. The Balaban J connectivity index is 2.56. The van der Waals surface area contributed by atoms with Gasteiger partial charge in [-0.25, -0.2) is 9.97 Å². The molecule has 2 amide bonds. The first-order valence-electron chi connectivity index (χ1n) is 4.05. The minimum atomic E-state index is -5.08. The maximum atomic E-state index is 11.8. The molecule has 0 atom stereocenters. The number of alkyl halides is 3. The zero-order valence-electron chi connectivity index (χ0n) is 8.08. The molecule has 0 aliphatic rings. The number of carbonyl (C=O) groups is 2. The van der Waals surface area contributed by atoms with Gasteiger partial charge in [-0.2, -0.15) is 13.2 Å². The number of rotatable bonds is 1. The molecular weight excluding hydrogens is 243 g/mol. The van der Waals surface area contributed by atoms with Crippen LogP contribution in [-0.4, -0.2) is 28.0 Å². The molecule has 92 valence electrons. The van der Waals surface area contributed by atoms with Gasteiger partial charge in [0, 0.05) is 12.4 Å². The minimum absolute atomic E-state index is 0.0964. The number of nitrogens with zero attached hydrogens (tertiary/aromatic N) is 2. The number of hydrazine groups is 1. The van der Waals surface area contributed by atoms with E-state index >= 15 is 0 Å². The summed E-state index contributed by atoms with van der Waals surface area (Å²) in [5, 5.41) is 0. The summed E-state index contributed by atoms with van der Waals surface area (Å²) in [6.07, 6.45) is -3.08. The van der Waals surface area contributed by atoms with Crippen molar-refractivity contribution in [3.63, 3.8) is 0 Å². The number of hydrogen-bond donors (Lipinski definition) is 3. The molecule has 0 aliphatic heterocycles. The van der Waals surface area contributed by atoms with Gasteiger partial charge in [-0.15, -0.1) is 0 Å². The molecule has 0 unspecified atom stereocenters. The molecule has 0 saturated carbocycles. The van der Waals surface area contributed by atoms with Crippen molar-refractivity contribution in [2.45, 2.75) is 6.18 Å². The van der Waals surface area contributed by atoms with Crippen LogP contribution in [0.25, 0.3) is 0 Å². The molecule has 0 fully saturated rings. The highest BCUT2D eigenvalue weighted by Gasteiger charge is 2.38. The monoisotopic (exact) mass is 249 g/mol. The number of aromatic nitrogens is 2. The van der Waals surface area contributed by atoms with Crippen LogP contribution in [0.4, 0.5) is 19.1 Å². The fourth-order valence-electron chi connectivity index (χ4n) is 0.712. The van der Waals surface area contributed by atoms with E-state index in [0.717, 1.165) is 12.4 Å². The number of nitrogen functional groups attached to an aromatic ring is 1. The van der Waals surface area contributed by atoms with Gasteiger partial charge in [0.25, 0.3) is 5.91 Å². The SMILES string of the molecule is Nc1ncc(C(=O)NNC(=O)C(F)(F)F)cn1. The third kappa shape index (κ3) is 3.59. The van der Waals surface area contributed by atoms with Crippen LogP contribution >= 0.6 is 0 Å². The molecule has 1 heterocycles. The Hall–Kier alpha value is -2.39. The largest absolute Gasteiger partial charge is 0.472 e. The molecule has 0 spiro atoms. The van der Waals surface area contributed by atoms with Crippen LogP contribution in [0.15, 0.2) is 12.4 Å². The molecule has 1 rings (SSSR count). The van der Waals surface area contributed by atoms with Crippen molar-refractivity contribution in [3.05, 3.63) is 18.0 Å². The second-order valence-corrected chi connectivity index (χ2v) is 2.74. The molecule has 0 aromatic carbocycles. The second-order valence-electron chi connectivity index (χ2n) is 2.74. The molecule has 4 N–H and O–H groups in total. The lowest BCUT2D eigenvalue weighted by Gasteiger charge is -2.08. The Morgan fingerprint density at radius 1 is 1.18 bits per heavy atom. The number of carbonyl (C=O) groups excluding carboxylic acids is 2. The lowest BCUT2D eigenvalue weighted by atomic mass is 10.3. The fourth-order valence-corrected chi connectivity index (χ4v) is 0.712. The third-order valence-electron chi connectivity index (χ3n) is 1.48. The van der Waals surface area contributed by atoms with Gasteiger partial charge < -0.3 is 5.73 Å². The van der Waals surface area contributed by atoms with Crippen LogP contribution in [0, 0.1) is 0 Å². The molecule has 0 saturated heterocycles. The first-order chi connectivity index (χ1) is 7.80. The summed E-state index contributed by atoms with van der Waals surface area (Å²) < 4.78 is 35.3. The predicted octanol–water partition coefficient (Wildman–Crippen LogP) is -0.618. The summed E-state index contributed by atoms with van der Waals surface area (Å²) in [6.45, 7) is 0. The number of amides is 2. The molecule has 1 aromatic heterocycles. The third-order valence-corrected chi connectivity index (χ3v) is 1.48. The Kier molecular flexibility index (Phi) is 3.46. The van der Waals surface area contributed by atoms with Crippen LogP contribution < -0.4 is 16.6 Å². The Morgan fingerprint density at radius 2 is 1.71 bits per heavy atom. The number of hydrogen-bond acceptors (Lipinski definition) is 5. The molecule has 0 bridgehead atoms. The highest BCUT2D eigenvalue weighted by Crippen LogP contribution is 2.13. The zero-order valence-corrected chi connectivity index (χ0v) is 8.08. The molecule has 17 heavy (non-hydrogen) atoms. The van der Waals surface area contributed by atoms with Crippen molar-refractivity contribution in [2.24, 2.45) is 0 Å². The number of nitrogens with two attached hydrogens (primary N) is 1. The van der Waals surface area contributed by atoms with Gasteiger partial charge in [0.1, 0.15) is 0 Å². The van der Waals surface area contributed by atoms with Crippen LogP contribution in [-0.2, 0) is 4.79 Å². The highest BCUT2D eigenvalue weighted by molar-refractivity contribution is 5.95. The highest BCUT2D eigenvalue weighted by atomic mass is 19.4. The van der Waals surface area contributed by atoms with Gasteiger partial charge in [0.15, 0.2) is 0 Å². The van der Waals surface area contributed by atoms with Crippen molar-refractivity contribution < 1.29 is 22.8 Å². The van der Waals surface area contributed by atoms with E-state index in [4.69, 9.17) is 5.73 Å². The quantitative estimate of drug-likeness (QED) is 0.574. The minimum Gasteiger partial charge on any atom is -0.368 e. The molecule has 0 radical (unpaired) electrons. The second kappa shape index (κ2) is 4.63. The predicted molar refractivity (Wildman–Crippen MR) is 48.1 cm³/mol. The molecule has 0 aliphatic carbocycles. The van der Waals surface area contributed by atoms with Crippen molar-refractivity contribution in [1.29, 1.82) is 0 Å². The molecular formula is C7H6F3N5O2. The number of nitrogens with one attached hydrogen (secondary N) is 2. The summed E-state index contributed by atoms with van der Waals surface area (Å²) >= 11 is 0. The average molecular weight is 249 g/mol. The molecule has 7 nitrogen and oxygen atoms in total. The van der Waals surface area contributed by atoms with Gasteiger partial charge in [0.2, 0.25) is 5.95 Å². The van der Waals surface area contributed by atoms with Crippen molar-refractivity contribution in [1.82, 2.24) is 20.8 Å². The van der Waals surface area contributed by atoms with E-state index in [0.29, 0.717) is 0 Å². The van der Waals surface area contributed by atoms with Gasteiger partial charge >= 0.3 is 12.1 Å². The lowest BCUT2D eigenvalue weighted by molar-refractivity contribution is -0.174. The smallest absolute Gasteiger partial charge is 0.368 e. The maximum Gasteiger partial charge on any atom is 0.472 e. The Labute approximate surface area is 92.2 Å². The van der Waals surface area contributed by atoms with Crippen LogP contribution in [0.5, 0.6) is 0 Å². The van der Waals surface area contributed by atoms with Crippen LogP contribution in [0.1, 0.15) is 10.4 Å². The summed E-state index contributed by atoms with van der Waals surface area (Å²) in [5.41, 5.74) is 7.71. The zero-order chi connectivity index (χ0) is 13.1. The van der Waals surface area contributed by atoms with E-state index in [-0.39, 0.29) is 11.5 Å². The van der Waals surface area contributed by atoms with E-state index < -0.39 is 18.0 Å². The van der Waals surface area contributed by atoms with E-state index in [1.807, 2.05) is 0 Å². The average Bonchev–Trinajstić information content (AvgIpc) is 2.25. The van der Waals surface area contributed by atoms with E-state index in [9.17, 15) is 22.8 Å². The van der Waals surface area contributed by atoms with Crippen molar-refractivity contribution in [2.75, 3.05) is 5.73 Å². The standard InChI is InChI=1S/C7H6F3N5O2/c8-7(9,10)5(17)15-14-4(16)3-1-12-6(11)13-2-3/h1-2H,(H,14,16)(H,15,17)(H2,11,12,13). The first-order valence-corrected chi connectivity index (χ1v) is 4.05. The Morgan fingerprint density at radius 3 is 2.18 bits per heavy atom. The van der Waals surface area contributed by atoms with Gasteiger partial charge in [0.05, 0.1) is 5.56 Å². The summed E-state index contributed by atoms with van der Waals surface area (Å²) in [4.78, 5) is 28.4. The molecule has 1 aromatic rings. The Bertz CT molecular complexity index is 430. The fraction of sp³-hybridized carbons (Fsp3) is 0.143. The lowest BCUT2D eigenvalue weighted by Crippen LogP contribution is -2.47. The van der Waals surface area contributed by atoms with E-state index in [2.05, 4.69) is 9.97 Å². The molecule has 10 heteroatoms. The van der Waals surface area contributed by atoms with Crippen LogP contribution in [0.3, 0.4) is 0 Å². The van der Waals surface area contributed by atoms with Gasteiger partial charge in [-0.1, -0.05) is 0 Å². The van der Waals surface area contributed by atoms with Gasteiger partial charge in [-0.05, 0) is 0 Å². The maximum absolute atomic E-state index is 11.8. The number of halogens is 3. The van der Waals surface area contributed by atoms with Gasteiger partial charge in [-0.3, -0.25) is 20.4 Å². The summed E-state index contributed by atoms with van der Waals surface area (Å²) in [6, 6.07) is 0. The first kappa shape index (κ1) is 12.7.